The number of benzene rings is 1. The summed E-state index contributed by atoms with van der Waals surface area (Å²) in [5, 5.41) is 0. The second-order valence-electron chi connectivity index (χ2n) is 3.85. The minimum atomic E-state index is -6.12. The quantitative estimate of drug-likeness (QED) is 0.359. The minimum absolute atomic E-state index is 0.953. The molecule has 0 unspecified atom stereocenters. The molecule has 0 saturated carbocycles. The first-order valence-electron chi connectivity index (χ1n) is 5.10. The number of nitrogens with two attached hydrogens (primary N) is 2. The Hall–Kier alpha value is -1.44. The minimum Gasteiger partial charge on any atom is -0.422 e. The Labute approximate surface area is 133 Å². The summed E-state index contributed by atoms with van der Waals surface area (Å²) in [6.07, 6.45) is -17.1. The van der Waals surface area contributed by atoms with E-state index >= 15 is 0 Å². The SMILES string of the molecule is Nc1c(S)c(OC(F)(F)C(F)(F)F)c(N)c(S)c1OC(F)(F)F. The van der Waals surface area contributed by atoms with Crippen LogP contribution in [0.3, 0.4) is 0 Å². The van der Waals surface area contributed by atoms with Crippen molar-refractivity contribution in [2.75, 3.05) is 11.5 Å². The fourth-order valence-electron chi connectivity index (χ4n) is 1.22. The van der Waals surface area contributed by atoms with Crippen molar-refractivity contribution in [3.8, 4) is 11.5 Å². The molecule has 0 radical (unpaired) electrons. The molecule has 1 aromatic rings. The fourth-order valence-corrected chi connectivity index (χ4v) is 1.76. The van der Waals surface area contributed by atoms with Gasteiger partial charge in [0.15, 0.2) is 11.5 Å². The van der Waals surface area contributed by atoms with Crippen LogP contribution in [0.2, 0.25) is 0 Å². The van der Waals surface area contributed by atoms with Gasteiger partial charge in [0, 0.05) is 0 Å². The molecule has 0 aromatic heterocycles. The maximum Gasteiger partial charge on any atom is 0.573 e. The summed E-state index contributed by atoms with van der Waals surface area (Å²) in [4.78, 5) is -1.96. The predicted octanol–water partition coefficient (Wildman–Crippen LogP) is 3.86. The summed E-state index contributed by atoms with van der Waals surface area (Å²) >= 11 is 6.91. The van der Waals surface area contributed by atoms with Gasteiger partial charge in [-0.1, -0.05) is 0 Å². The lowest BCUT2D eigenvalue weighted by atomic mass is 10.2. The summed E-state index contributed by atoms with van der Waals surface area (Å²) in [5.74, 6) is -2.61. The van der Waals surface area contributed by atoms with Crippen LogP contribution in [-0.4, -0.2) is 18.6 Å². The molecule has 23 heavy (non-hydrogen) atoms. The van der Waals surface area contributed by atoms with Crippen molar-refractivity contribution in [1.29, 1.82) is 0 Å². The lowest BCUT2D eigenvalue weighted by Gasteiger charge is -2.24. The number of alkyl halides is 8. The van der Waals surface area contributed by atoms with E-state index in [2.05, 4.69) is 34.7 Å². The number of hydrogen-bond acceptors (Lipinski definition) is 6. The zero-order chi connectivity index (χ0) is 18.4. The van der Waals surface area contributed by atoms with Gasteiger partial charge in [0.05, 0.1) is 21.2 Å². The highest BCUT2D eigenvalue weighted by Crippen LogP contribution is 2.50. The third-order valence-electron chi connectivity index (χ3n) is 2.21. The van der Waals surface area contributed by atoms with Crippen LogP contribution in [0, 0.1) is 0 Å². The van der Waals surface area contributed by atoms with Crippen molar-refractivity contribution >= 4 is 36.6 Å². The lowest BCUT2D eigenvalue weighted by Crippen LogP contribution is -2.42. The molecular formula is C9H6F8N2O2S2. The van der Waals surface area contributed by atoms with Gasteiger partial charge < -0.3 is 20.9 Å². The van der Waals surface area contributed by atoms with E-state index in [1.54, 1.807) is 0 Å². The number of rotatable bonds is 3. The van der Waals surface area contributed by atoms with E-state index in [1.807, 2.05) is 0 Å². The second-order valence-corrected chi connectivity index (χ2v) is 4.74. The molecule has 4 nitrogen and oxygen atoms in total. The topological polar surface area (TPSA) is 70.5 Å². The third kappa shape index (κ3) is 4.10. The van der Waals surface area contributed by atoms with Crippen LogP contribution in [0.5, 0.6) is 11.5 Å². The Kier molecular flexibility index (Phi) is 5.02. The van der Waals surface area contributed by atoms with E-state index in [9.17, 15) is 35.1 Å². The number of halogens is 8. The summed E-state index contributed by atoms with van der Waals surface area (Å²) in [7, 11) is 0. The number of anilines is 2. The van der Waals surface area contributed by atoms with Crippen molar-refractivity contribution in [3.05, 3.63) is 0 Å². The zero-order valence-electron chi connectivity index (χ0n) is 10.4. The zero-order valence-corrected chi connectivity index (χ0v) is 12.2. The molecule has 1 aromatic carbocycles. The van der Waals surface area contributed by atoms with Crippen LogP contribution in [-0.2, 0) is 0 Å². The summed E-state index contributed by atoms with van der Waals surface area (Å²) < 4.78 is 106. The normalized spacial score (nSPS) is 13.1. The average molecular weight is 390 g/mol. The molecule has 14 heteroatoms. The van der Waals surface area contributed by atoms with Gasteiger partial charge in [-0.3, -0.25) is 0 Å². The third-order valence-corrected chi connectivity index (χ3v) is 3.10. The van der Waals surface area contributed by atoms with E-state index in [-0.39, 0.29) is 0 Å². The van der Waals surface area contributed by atoms with Gasteiger partial charge in [0.2, 0.25) is 0 Å². The van der Waals surface area contributed by atoms with E-state index in [0.29, 0.717) is 0 Å². The Morgan fingerprint density at radius 1 is 0.696 bits per heavy atom. The second kappa shape index (κ2) is 5.89. The largest absolute Gasteiger partial charge is 0.573 e. The van der Waals surface area contributed by atoms with Gasteiger partial charge in [-0.15, -0.1) is 38.4 Å². The molecular weight excluding hydrogens is 384 g/mol. The number of hydrogen-bond donors (Lipinski definition) is 4. The molecule has 132 valence electrons. The predicted molar refractivity (Wildman–Crippen MR) is 68.1 cm³/mol. The molecule has 0 atom stereocenters. The molecule has 0 aliphatic rings. The van der Waals surface area contributed by atoms with Crippen molar-refractivity contribution in [2.24, 2.45) is 0 Å². The van der Waals surface area contributed by atoms with Crippen molar-refractivity contribution in [1.82, 2.24) is 0 Å². The molecule has 0 bridgehead atoms. The Balaban J connectivity index is 3.44. The first kappa shape index (κ1) is 19.6. The first-order valence-corrected chi connectivity index (χ1v) is 6.00. The van der Waals surface area contributed by atoms with E-state index in [4.69, 9.17) is 11.5 Å². The highest BCUT2D eigenvalue weighted by Gasteiger charge is 2.61. The van der Waals surface area contributed by atoms with Crippen LogP contribution in [0.15, 0.2) is 9.79 Å². The molecule has 0 heterocycles. The van der Waals surface area contributed by atoms with E-state index < -0.39 is 51.3 Å². The first-order chi connectivity index (χ1) is 10.1. The van der Waals surface area contributed by atoms with E-state index in [1.165, 1.54) is 0 Å². The highest BCUT2D eigenvalue weighted by atomic mass is 32.1. The molecule has 0 amide bonds. The van der Waals surface area contributed by atoms with Crippen LogP contribution in [0.25, 0.3) is 0 Å². The number of thiol groups is 2. The fraction of sp³-hybridized carbons (Fsp3) is 0.333. The smallest absolute Gasteiger partial charge is 0.422 e. The van der Waals surface area contributed by atoms with Crippen molar-refractivity contribution < 1.29 is 44.6 Å². The number of nitrogen functional groups attached to an aromatic ring is 2. The highest BCUT2D eigenvalue weighted by molar-refractivity contribution is 7.81. The standard InChI is InChI=1S/C9H6F8N2O2S2/c10-7(11,12)8(13,14)20-3-1(18)6(23)4(2(19)5(3)22)21-9(15,16)17/h22-23H,18-19H2. The van der Waals surface area contributed by atoms with Gasteiger partial charge in [-0.05, 0) is 0 Å². The maximum atomic E-state index is 12.9. The molecule has 0 fully saturated rings. The number of ether oxygens (including phenoxy) is 2. The van der Waals surface area contributed by atoms with Crippen LogP contribution < -0.4 is 20.9 Å². The Morgan fingerprint density at radius 3 is 1.35 bits per heavy atom. The van der Waals surface area contributed by atoms with Crippen molar-refractivity contribution in [3.63, 3.8) is 0 Å². The molecule has 1 rings (SSSR count). The molecule has 4 N–H and O–H groups in total. The summed E-state index contributed by atoms with van der Waals surface area (Å²) in [5.41, 5.74) is 8.20. The molecule has 0 aliphatic carbocycles. The summed E-state index contributed by atoms with van der Waals surface area (Å²) in [6, 6.07) is 0. The van der Waals surface area contributed by atoms with Crippen LogP contribution >= 0.6 is 25.3 Å². The van der Waals surface area contributed by atoms with Crippen LogP contribution in [0.1, 0.15) is 0 Å². The van der Waals surface area contributed by atoms with Gasteiger partial charge in [0.1, 0.15) is 0 Å². The average Bonchev–Trinajstić information content (AvgIpc) is 2.35. The van der Waals surface area contributed by atoms with E-state index in [0.717, 1.165) is 0 Å². The monoisotopic (exact) mass is 390 g/mol. The summed E-state index contributed by atoms with van der Waals surface area (Å²) in [6.45, 7) is 0. The molecule has 0 saturated heterocycles. The molecule has 0 aliphatic heterocycles. The lowest BCUT2D eigenvalue weighted by molar-refractivity contribution is -0.361. The Morgan fingerprint density at radius 2 is 1.04 bits per heavy atom. The van der Waals surface area contributed by atoms with Crippen molar-refractivity contribution in [2.45, 2.75) is 28.4 Å². The van der Waals surface area contributed by atoms with Gasteiger partial charge >= 0.3 is 18.6 Å². The molecule has 0 spiro atoms. The van der Waals surface area contributed by atoms with Gasteiger partial charge in [-0.25, -0.2) is 0 Å². The van der Waals surface area contributed by atoms with Crippen LogP contribution in [0.4, 0.5) is 46.5 Å². The Bertz CT molecular complexity index is 588. The van der Waals surface area contributed by atoms with Gasteiger partial charge in [0.25, 0.3) is 0 Å². The van der Waals surface area contributed by atoms with Gasteiger partial charge in [-0.2, -0.15) is 22.0 Å². The maximum absolute atomic E-state index is 12.9.